The van der Waals surface area contributed by atoms with E-state index in [9.17, 15) is 4.39 Å². The fourth-order valence-corrected chi connectivity index (χ4v) is 1.95. The molecule has 3 heteroatoms. The zero-order valence-electron chi connectivity index (χ0n) is 8.76. The van der Waals surface area contributed by atoms with Crippen LogP contribution in [0.15, 0.2) is 18.2 Å². The number of rotatable bonds is 3. The van der Waals surface area contributed by atoms with E-state index in [1.807, 2.05) is 0 Å². The average molecular weight is 228 g/mol. The molecule has 15 heavy (non-hydrogen) atoms. The molecule has 1 aromatic carbocycles. The van der Waals surface area contributed by atoms with Gasteiger partial charge >= 0.3 is 0 Å². The summed E-state index contributed by atoms with van der Waals surface area (Å²) in [5.74, 6) is -0.209. The van der Waals surface area contributed by atoms with E-state index in [1.54, 1.807) is 12.1 Å². The summed E-state index contributed by atoms with van der Waals surface area (Å²) >= 11 is 5.82. The van der Waals surface area contributed by atoms with E-state index in [1.165, 1.54) is 6.07 Å². The van der Waals surface area contributed by atoms with E-state index in [4.69, 9.17) is 17.3 Å². The zero-order valence-corrected chi connectivity index (χ0v) is 9.52. The van der Waals surface area contributed by atoms with Crippen LogP contribution in [0.3, 0.4) is 0 Å². The minimum Gasteiger partial charge on any atom is -0.327 e. The van der Waals surface area contributed by atoms with Crippen molar-refractivity contribution in [2.45, 2.75) is 32.2 Å². The third-order valence-corrected chi connectivity index (χ3v) is 3.62. The smallest absolute Gasteiger partial charge is 0.126 e. The van der Waals surface area contributed by atoms with E-state index in [0.29, 0.717) is 17.0 Å². The highest BCUT2D eigenvalue weighted by molar-refractivity contribution is 6.30. The maximum atomic E-state index is 13.4. The number of halogens is 2. The summed E-state index contributed by atoms with van der Waals surface area (Å²) in [6.45, 7) is 2.15. The largest absolute Gasteiger partial charge is 0.327 e. The SMILES string of the molecule is CC1(C(N)Cc2cc(Cl)ccc2F)CC1. The highest BCUT2D eigenvalue weighted by Gasteiger charge is 2.42. The van der Waals surface area contributed by atoms with Crippen molar-refractivity contribution in [2.24, 2.45) is 11.1 Å². The van der Waals surface area contributed by atoms with E-state index in [0.717, 1.165) is 12.8 Å². The third kappa shape index (κ3) is 2.32. The summed E-state index contributed by atoms with van der Waals surface area (Å²) in [7, 11) is 0. The van der Waals surface area contributed by atoms with Gasteiger partial charge in [0.05, 0.1) is 0 Å². The minimum atomic E-state index is -0.209. The molecule has 1 aliphatic rings. The Morgan fingerprint density at radius 2 is 2.20 bits per heavy atom. The first-order valence-corrected chi connectivity index (χ1v) is 5.58. The van der Waals surface area contributed by atoms with Crippen LogP contribution in [0.5, 0.6) is 0 Å². The summed E-state index contributed by atoms with van der Waals surface area (Å²) < 4.78 is 13.4. The van der Waals surface area contributed by atoms with Crippen LogP contribution in [-0.4, -0.2) is 6.04 Å². The van der Waals surface area contributed by atoms with Crippen LogP contribution in [0.2, 0.25) is 5.02 Å². The molecule has 1 aromatic rings. The van der Waals surface area contributed by atoms with Crippen LogP contribution >= 0.6 is 11.6 Å². The topological polar surface area (TPSA) is 26.0 Å². The zero-order chi connectivity index (χ0) is 11.1. The number of hydrogen-bond acceptors (Lipinski definition) is 1. The summed E-state index contributed by atoms with van der Waals surface area (Å²) in [5.41, 5.74) is 6.90. The molecule has 0 saturated heterocycles. The van der Waals surface area contributed by atoms with Gasteiger partial charge in [-0.1, -0.05) is 18.5 Å². The highest BCUT2D eigenvalue weighted by atomic mass is 35.5. The predicted molar refractivity (Wildman–Crippen MR) is 60.4 cm³/mol. The van der Waals surface area contributed by atoms with E-state index >= 15 is 0 Å². The van der Waals surface area contributed by atoms with Crippen molar-refractivity contribution in [1.82, 2.24) is 0 Å². The van der Waals surface area contributed by atoms with Crippen molar-refractivity contribution in [3.8, 4) is 0 Å². The maximum absolute atomic E-state index is 13.4. The molecule has 2 rings (SSSR count). The Hall–Kier alpha value is -0.600. The van der Waals surface area contributed by atoms with Gasteiger partial charge in [-0.2, -0.15) is 0 Å². The van der Waals surface area contributed by atoms with Gasteiger partial charge in [0.1, 0.15) is 5.82 Å². The first-order chi connectivity index (χ1) is 7.01. The van der Waals surface area contributed by atoms with Gasteiger partial charge in [-0.3, -0.25) is 0 Å². The van der Waals surface area contributed by atoms with Crippen molar-refractivity contribution in [2.75, 3.05) is 0 Å². The van der Waals surface area contributed by atoms with Crippen LogP contribution in [0.25, 0.3) is 0 Å². The Morgan fingerprint density at radius 1 is 1.53 bits per heavy atom. The summed E-state index contributed by atoms with van der Waals surface area (Å²) in [4.78, 5) is 0. The summed E-state index contributed by atoms with van der Waals surface area (Å²) in [5, 5.41) is 0.569. The van der Waals surface area contributed by atoms with Gasteiger partial charge in [-0.15, -0.1) is 0 Å². The second-order valence-corrected chi connectivity index (χ2v) is 5.14. The highest BCUT2D eigenvalue weighted by Crippen LogP contribution is 2.48. The fraction of sp³-hybridized carbons (Fsp3) is 0.500. The monoisotopic (exact) mass is 227 g/mol. The van der Waals surface area contributed by atoms with E-state index in [-0.39, 0.29) is 17.3 Å². The minimum absolute atomic E-state index is 0.0328. The molecule has 0 radical (unpaired) electrons. The van der Waals surface area contributed by atoms with Gasteiger partial charge in [-0.25, -0.2) is 4.39 Å². The van der Waals surface area contributed by atoms with Crippen molar-refractivity contribution < 1.29 is 4.39 Å². The standard InChI is InChI=1S/C12H15ClFN/c1-12(4-5-12)11(15)7-8-6-9(13)2-3-10(8)14/h2-3,6,11H,4-5,7,15H2,1H3. The van der Waals surface area contributed by atoms with Gasteiger partial charge in [0.25, 0.3) is 0 Å². The Kier molecular flexibility index (Phi) is 2.73. The van der Waals surface area contributed by atoms with Gasteiger partial charge in [0.15, 0.2) is 0 Å². The predicted octanol–water partition coefficient (Wildman–Crippen LogP) is 3.15. The molecule has 1 aliphatic carbocycles. The van der Waals surface area contributed by atoms with Gasteiger partial charge in [0.2, 0.25) is 0 Å². The molecular weight excluding hydrogens is 213 g/mol. The van der Waals surface area contributed by atoms with Crippen LogP contribution in [-0.2, 0) is 6.42 Å². The molecular formula is C12H15ClFN. The molecule has 82 valence electrons. The molecule has 1 unspecified atom stereocenters. The second kappa shape index (κ2) is 3.76. The third-order valence-electron chi connectivity index (χ3n) is 3.38. The van der Waals surface area contributed by atoms with Crippen molar-refractivity contribution in [1.29, 1.82) is 0 Å². The molecule has 0 heterocycles. The molecule has 0 aliphatic heterocycles. The van der Waals surface area contributed by atoms with Crippen molar-refractivity contribution in [3.63, 3.8) is 0 Å². The van der Waals surface area contributed by atoms with Crippen molar-refractivity contribution in [3.05, 3.63) is 34.6 Å². The molecule has 2 N–H and O–H groups in total. The molecule has 1 nitrogen and oxygen atoms in total. The molecule has 1 fully saturated rings. The Morgan fingerprint density at radius 3 is 2.80 bits per heavy atom. The van der Waals surface area contributed by atoms with Crippen LogP contribution in [0.1, 0.15) is 25.3 Å². The van der Waals surface area contributed by atoms with E-state index in [2.05, 4.69) is 6.92 Å². The second-order valence-electron chi connectivity index (χ2n) is 4.70. The Balaban J connectivity index is 2.13. The number of benzene rings is 1. The normalized spacial score (nSPS) is 20.0. The van der Waals surface area contributed by atoms with Crippen LogP contribution in [0, 0.1) is 11.2 Å². The maximum Gasteiger partial charge on any atom is 0.126 e. The van der Waals surface area contributed by atoms with Crippen LogP contribution in [0.4, 0.5) is 4.39 Å². The quantitative estimate of drug-likeness (QED) is 0.844. The summed E-state index contributed by atoms with van der Waals surface area (Å²) in [6.07, 6.45) is 2.87. The number of hydrogen-bond donors (Lipinski definition) is 1. The first kappa shape index (κ1) is 10.9. The van der Waals surface area contributed by atoms with Crippen molar-refractivity contribution >= 4 is 11.6 Å². The van der Waals surface area contributed by atoms with Gasteiger partial charge in [-0.05, 0) is 48.4 Å². The number of nitrogens with two attached hydrogens (primary N) is 1. The lowest BCUT2D eigenvalue weighted by Crippen LogP contribution is -2.32. The molecule has 1 atom stereocenters. The molecule has 0 bridgehead atoms. The molecule has 0 amide bonds. The molecule has 1 saturated carbocycles. The fourth-order valence-electron chi connectivity index (χ4n) is 1.75. The average Bonchev–Trinajstić information content (AvgIpc) is 2.91. The molecule has 0 spiro atoms. The Labute approximate surface area is 94.4 Å². The van der Waals surface area contributed by atoms with Crippen LogP contribution < -0.4 is 5.73 Å². The van der Waals surface area contributed by atoms with Gasteiger partial charge < -0.3 is 5.73 Å². The lowest BCUT2D eigenvalue weighted by Gasteiger charge is -2.19. The summed E-state index contributed by atoms with van der Waals surface area (Å²) in [6, 6.07) is 4.66. The first-order valence-electron chi connectivity index (χ1n) is 5.21. The molecule has 0 aromatic heterocycles. The van der Waals surface area contributed by atoms with E-state index < -0.39 is 0 Å². The Bertz CT molecular complexity index is 374. The lowest BCUT2D eigenvalue weighted by atomic mass is 9.93. The van der Waals surface area contributed by atoms with Gasteiger partial charge in [0, 0.05) is 11.1 Å². The lowest BCUT2D eigenvalue weighted by molar-refractivity contribution is 0.427.